The lowest BCUT2D eigenvalue weighted by Gasteiger charge is -2.09. The lowest BCUT2D eigenvalue weighted by molar-refractivity contribution is -0.123. The molecule has 4 heteroatoms. The second-order valence-electron chi connectivity index (χ2n) is 3.73. The molecule has 1 amide bonds. The van der Waals surface area contributed by atoms with Crippen molar-refractivity contribution in [3.8, 4) is 0 Å². The van der Waals surface area contributed by atoms with Crippen LogP contribution in [0.25, 0.3) is 0 Å². The minimum absolute atomic E-state index is 0.0635. The number of hydrogen-bond acceptors (Lipinski definition) is 1. The van der Waals surface area contributed by atoms with Crippen molar-refractivity contribution in [2.24, 2.45) is 5.92 Å². The Morgan fingerprint density at radius 1 is 1.56 bits per heavy atom. The van der Waals surface area contributed by atoms with Crippen molar-refractivity contribution in [3.63, 3.8) is 0 Å². The summed E-state index contributed by atoms with van der Waals surface area (Å²) in [6.45, 7) is 2.27. The van der Waals surface area contributed by atoms with E-state index < -0.39 is 0 Å². The van der Waals surface area contributed by atoms with Gasteiger partial charge in [-0.1, -0.05) is 19.1 Å². The second kappa shape index (κ2) is 6.48. The van der Waals surface area contributed by atoms with Crippen LogP contribution < -0.4 is 5.32 Å². The predicted molar refractivity (Wildman–Crippen MR) is 63.0 cm³/mol. The van der Waals surface area contributed by atoms with Crippen molar-refractivity contribution >= 4 is 17.5 Å². The third-order valence-electron chi connectivity index (χ3n) is 2.28. The SMILES string of the molecule is CC(CCl)C(=O)NCCc1cccc(F)c1. The topological polar surface area (TPSA) is 29.1 Å². The van der Waals surface area contributed by atoms with Gasteiger partial charge in [-0.3, -0.25) is 4.79 Å². The molecule has 0 bridgehead atoms. The van der Waals surface area contributed by atoms with E-state index in [2.05, 4.69) is 5.32 Å². The van der Waals surface area contributed by atoms with Gasteiger partial charge in [0.15, 0.2) is 0 Å². The van der Waals surface area contributed by atoms with Crippen LogP contribution in [0.2, 0.25) is 0 Å². The van der Waals surface area contributed by atoms with E-state index in [4.69, 9.17) is 11.6 Å². The molecule has 0 fully saturated rings. The molecule has 1 rings (SSSR count). The maximum absolute atomic E-state index is 12.8. The van der Waals surface area contributed by atoms with Crippen LogP contribution in [0.1, 0.15) is 12.5 Å². The van der Waals surface area contributed by atoms with Crippen LogP contribution in [0.5, 0.6) is 0 Å². The molecule has 1 aromatic carbocycles. The molecule has 0 saturated carbocycles. The van der Waals surface area contributed by atoms with E-state index in [0.717, 1.165) is 5.56 Å². The Morgan fingerprint density at radius 3 is 2.94 bits per heavy atom. The Kier molecular flexibility index (Phi) is 5.26. The van der Waals surface area contributed by atoms with Crippen molar-refractivity contribution in [2.75, 3.05) is 12.4 Å². The van der Waals surface area contributed by atoms with Crippen molar-refractivity contribution in [1.29, 1.82) is 0 Å². The van der Waals surface area contributed by atoms with Crippen molar-refractivity contribution in [3.05, 3.63) is 35.6 Å². The van der Waals surface area contributed by atoms with Gasteiger partial charge in [0.2, 0.25) is 5.91 Å². The predicted octanol–water partition coefficient (Wildman–Crippen LogP) is 2.36. The maximum Gasteiger partial charge on any atom is 0.224 e. The molecule has 0 radical (unpaired) electrons. The zero-order valence-electron chi connectivity index (χ0n) is 9.17. The van der Waals surface area contributed by atoms with Gasteiger partial charge in [-0.15, -0.1) is 11.6 Å². The Hall–Kier alpha value is -1.09. The molecule has 0 aliphatic heterocycles. The van der Waals surface area contributed by atoms with Gasteiger partial charge in [0.25, 0.3) is 0 Å². The molecule has 0 saturated heterocycles. The van der Waals surface area contributed by atoms with Gasteiger partial charge in [0.05, 0.1) is 0 Å². The fraction of sp³-hybridized carbons (Fsp3) is 0.417. The molecule has 0 aliphatic carbocycles. The second-order valence-corrected chi connectivity index (χ2v) is 4.03. The molecule has 0 spiro atoms. The number of nitrogens with one attached hydrogen (secondary N) is 1. The van der Waals surface area contributed by atoms with Gasteiger partial charge >= 0.3 is 0 Å². The lowest BCUT2D eigenvalue weighted by Crippen LogP contribution is -2.31. The monoisotopic (exact) mass is 243 g/mol. The molecule has 0 aromatic heterocycles. The zero-order chi connectivity index (χ0) is 12.0. The van der Waals surface area contributed by atoms with Gasteiger partial charge in [-0.2, -0.15) is 0 Å². The summed E-state index contributed by atoms with van der Waals surface area (Å²) in [4.78, 5) is 11.4. The summed E-state index contributed by atoms with van der Waals surface area (Å²) < 4.78 is 12.8. The molecule has 88 valence electrons. The Labute approximate surface area is 99.8 Å². The minimum Gasteiger partial charge on any atom is -0.356 e. The number of alkyl halides is 1. The summed E-state index contributed by atoms with van der Waals surface area (Å²) in [5, 5.41) is 2.76. The van der Waals surface area contributed by atoms with Crippen molar-refractivity contribution < 1.29 is 9.18 Å². The number of halogens is 2. The number of amides is 1. The number of carbonyl (C=O) groups is 1. The van der Waals surface area contributed by atoms with Gasteiger partial charge in [0.1, 0.15) is 5.82 Å². The molecule has 0 aliphatic rings. The third-order valence-corrected chi connectivity index (χ3v) is 2.74. The molecule has 1 N–H and O–H groups in total. The fourth-order valence-electron chi connectivity index (χ4n) is 1.27. The summed E-state index contributed by atoms with van der Waals surface area (Å²) in [6.07, 6.45) is 0.624. The number of benzene rings is 1. The number of carbonyl (C=O) groups excluding carboxylic acids is 1. The van der Waals surface area contributed by atoms with Gasteiger partial charge in [-0.25, -0.2) is 4.39 Å². The third kappa shape index (κ3) is 4.19. The molecule has 1 unspecified atom stereocenters. The lowest BCUT2D eigenvalue weighted by atomic mass is 10.1. The summed E-state index contributed by atoms with van der Waals surface area (Å²) in [7, 11) is 0. The van der Waals surface area contributed by atoms with E-state index in [1.807, 2.05) is 6.07 Å². The summed E-state index contributed by atoms with van der Waals surface area (Å²) >= 11 is 5.55. The first-order valence-electron chi connectivity index (χ1n) is 5.21. The standard InChI is InChI=1S/C12H15ClFNO/c1-9(8-13)12(16)15-6-5-10-3-2-4-11(14)7-10/h2-4,7,9H,5-6,8H2,1H3,(H,15,16). The highest BCUT2D eigenvalue weighted by atomic mass is 35.5. The summed E-state index contributed by atoms with van der Waals surface area (Å²) in [5.41, 5.74) is 0.874. The first-order chi connectivity index (χ1) is 7.63. The van der Waals surface area contributed by atoms with Gasteiger partial charge in [-0.05, 0) is 24.1 Å². The van der Waals surface area contributed by atoms with Crippen molar-refractivity contribution in [1.82, 2.24) is 5.32 Å². The number of rotatable bonds is 5. The van der Waals surface area contributed by atoms with Crippen LogP contribution >= 0.6 is 11.6 Å². The van der Waals surface area contributed by atoms with Gasteiger partial charge in [0, 0.05) is 18.3 Å². The van der Waals surface area contributed by atoms with Crippen LogP contribution in [0.15, 0.2) is 24.3 Å². The van der Waals surface area contributed by atoms with E-state index in [0.29, 0.717) is 18.8 Å². The van der Waals surface area contributed by atoms with Gasteiger partial charge < -0.3 is 5.32 Å². The smallest absolute Gasteiger partial charge is 0.224 e. The van der Waals surface area contributed by atoms with E-state index in [-0.39, 0.29) is 17.6 Å². The molecular weight excluding hydrogens is 229 g/mol. The highest BCUT2D eigenvalue weighted by Crippen LogP contribution is 2.04. The van der Waals surface area contributed by atoms with E-state index >= 15 is 0 Å². The molecule has 16 heavy (non-hydrogen) atoms. The minimum atomic E-state index is -0.252. The highest BCUT2D eigenvalue weighted by molar-refractivity contribution is 6.19. The Balaban J connectivity index is 2.33. The summed E-state index contributed by atoms with van der Waals surface area (Å²) in [5.74, 6) is -0.190. The van der Waals surface area contributed by atoms with E-state index in [9.17, 15) is 9.18 Å². The van der Waals surface area contributed by atoms with Crippen LogP contribution in [0.3, 0.4) is 0 Å². The van der Waals surface area contributed by atoms with Crippen LogP contribution in [0, 0.1) is 11.7 Å². The number of hydrogen-bond donors (Lipinski definition) is 1. The first kappa shape index (κ1) is 13.0. The van der Waals surface area contributed by atoms with Crippen LogP contribution in [0.4, 0.5) is 4.39 Å². The fourth-order valence-corrected chi connectivity index (χ4v) is 1.41. The average Bonchev–Trinajstić information content (AvgIpc) is 2.28. The molecule has 1 atom stereocenters. The normalized spacial score (nSPS) is 12.2. The highest BCUT2D eigenvalue weighted by Gasteiger charge is 2.09. The molecule has 2 nitrogen and oxygen atoms in total. The van der Waals surface area contributed by atoms with Crippen LogP contribution in [-0.2, 0) is 11.2 Å². The van der Waals surface area contributed by atoms with Crippen LogP contribution in [-0.4, -0.2) is 18.3 Å². The zero-order valence-corrected chi connectivity index (χ0v) is 9.93. The molecule has 0 heterocycles. The average molecular weight is 244 g/mol. The Morgan fingerprint density at radius 2 is 2.31 bits per heavy atom. The maximum atomic E-state index is 12.8. The molecular formula is C12H15ClFNO. The van der Waals surface area contributed by atoms with E-state index in [1.54, 1.807) is 13.0 Å². The Bertz CT molecular complexity index is 357. The first-order valence-corrected chi connectivity index (χ1v) is 5.75. The summed E-state index contributed by atoms with van der Waals surface area (Å²) in [6, 6.07) is 6.36. The molecule has 1 aromatic rings. The van der Waals surface area contributed by atoms with E-state index in [1.165, 1.54) is 12.1 Å². The van der Waals surface area contributed by atoms with Crippen molar-refractivity contribution in [2.45, 2.75) is 13.3 Å². The quantitative estimate of drug-likeness (QED) is 0.791. The largest absolute Gasteiger partial charge is 0.356 e.